The van der Waals surface area contributed by atoms with Crippen LogP contribution in [0, 0.1) is 17.2 Å². The quantitative estimate of drug-likeness (QED) is 0.904. The second-order valence-electron chi connectivity index (χ2n) is 7.09. The van der Waals surface area contributed by atoms with Gasteiger partial charge in [-0.25, -0.2) is 4.39 Å². The van der Waals surface area contributed by atoms with Crippen molar-refractivity contribution in [1.82, 2.24) is 4.90 Å². The van der Waals surface area contributed by atoms with Gasteiger partial charge in [-0.15, -0.1) is 0 Å². The van der Waals surface area contributed by atoms with Crippen molar-refractivity contribution in [2.24, 2.45) is 17.1 Å². The van der Waals surface area contributed by atoms with Gasteiger partial charge in [-0.05, 0) is 49.4 Å². The zero-order chi connectivity index (χ0) is 15.6. The molecular weight excluding hydrogens is 287 g/mol. The Morgan fingerprint density at radius 1 is 1.33 bits per heavy atom. The van der Waals surface area contributed by atoms with E-state index in [1.54, 1.807) is 12.1 Å². The van der Waals surface area contributed by atoms with E-state index in [9.17, 15) is 4.39 Å². The van der Waals surface area contributed by atoms with E-state index in [4.69, 9.17) is 17.3 Å². The summed E-state index contributed by atoms with van der Waals surface area (Å²) in [7, 11) is 0. The van der Waals surface area contributed by atoms with Crippen LogP contribution in [0.15, 0.2) is 18.2 Å². The van der Waals surface area contributed by atoms with E-state index in [-0.39, 0.29) is 11.9 Å². The monoisotopic (exact) mass is 312 g/mol. The summed E-state index contributed by atoms with van der Waals surface area (Å²) >= 11 is 5.84. The molecule has 1 aromatic rings. The van der Waals surface area contributed by atoms with E-state index >= 15 is 0 Å². The lowest BCUT2D eigenvalue weighted by Gasteiger charge is -2.41. The van der Waals surface area contributed by atoms with Gasteiger partial charge in [0.15, 0.2) is 0 Å². The van der Waals surface area contributed by atoms with Gasteiger partial charge in [0, 0.05) is 23.2 Å². The smallest absolute Gasteiger partial charge is 0.129 e. The number of halogens is 2. The Hall–Kier alpha value is -0.640. The average Bonchev–Trinajstić information content (AvgIpc) is 2.41. The molecule has 0 amide bonds. The maximum absolute atomic E-state index is 14.1. The van der Waals surface area contributed by atoms with Crippen molar-refractivity contribution < 1.29 is 4.39 Å². The molecule has 21 heavy (non-hydrogen) atoms. The van der Waals surface area contributed by atoms with Crippen LogP contribution in [-0.4, -0.2) is 24.5 Å². The highest BCUT2D eigenvalue weighted by atomic mass is 35.5. The minimum atomic E-state index is -0.254. The Morgan fingerprint density at radius 2 is 1.95 bits per heavy atom. The van der Waals surface area contributed by atoms with Crippen molar-refractivity contribution in [2.75, 3.05) is 19.6 Å². The van der Waals surface area contributed by atoms with E-state index in [0.29, 0.717) is 22.5 Å². The third-order valence-electron chi connectivity index (χ3n) is 4.74. The van der Waals surface area contributed by atoms with Gasteiger partial charge in [0.2, 0.25) is 0 Å². The topological polar surface area (TPSA) is 29.3 Å². The van der Waals surface area contributed by atoms with Crippen molar-refractivity contribution in [3.05, 3.63) is 34.6 Å². The molecule has 4 heteroatoms. The molecule has 1 heterocycles. The van der Waals surface area contributed by atoms with Crippen LogP contribution in [-0.2, 0) is 0 Å². The summed E-state index contributed by atoms with van der Waals surface area (Å²) in [5.41, 5.74) is 6.93. The predicted molar refractivity (Wildman–Crippen MR) is 87.0 cm³/mol. The van der Waals surface area contributed by atoms with Crippen molar-refractivity contribution in [3.63, 3.8) is 0 Å². The zero-order valence-electron chi connectivity index (χ0n) is 13.2. The summed E-state index contributed by atoms with van der Waals surface area (Å²) in [6.45, 7) is 9.28. The second kappa shape index (κ2) is 6.64. The highest BCUT2D eigenvalue weighted by Crippen LogP contribution is 2.36. The summed E-state index contributed by atoms with van der Waals surface area (Å²) in [6, 6.07) is 4.83. The minimum absolute atomic E-state index is 0.0526. The van der Waals surface area contributed by atoms with Crippen LogP contribution in [0.25, 0.3) is 0 Å². The maximum atomic E-state index is 14.1. The van der Waals surface area contributed by atoms with Crippen LogP contribution >= 0.6 is 11.6 Å². The number of hydrogen-bond donors (Lipinski definition) is 1. The first kappa shape index (κ1) is 16.7. The number of piperidine rings is 1. The van der Waals surface area contributed by atoms with Gasteiger partial charge in [-0.2, -0.15) is 0 Å². The fourth-order valence-electron chi connectivity index (χ4n) is 3.32. The molecule has 1 aromatic carbocycles. The fraction of sp³-hybridized carbons (Fsp3) is 0.647. The highest BCUT2D eigenvalue weighted by Gasteiger charge is 2.32. The van der Waals surface area contributed by atoms with Crippen molar-refractivity contribution in [1.29, 1.82) is 0 Å². The zero-order valence-corrected chi connectivity index (χ0v) is 14.0. The molecule has 1 unspecified atom stereocenters. The largest absolute Gasteiger partial charge is 0.329 e. The first-order chi connectivity index (χ1) is 9.82. The molecule has 2 N–H and O–H groups in total. The lowest BCUT2D eigenvalue weighted by molar-refractivity contribution is 0.0835. The molecule has 0 radical (unpaired) electrons. The molecule has 1 aliphatic rings. The third kappa shape index (κ3) is 3.97. The Morgan fingerprint density at radius 3 is 2.43 bits per heavy atom. The molecule has 2 rings (SSSR count). The van der Waals surface area contributed by atoms with Crippen molar-refractivity contribution in [3.8, 4) is 0 Å². The molecule has 0 bridgehead atoms. The molecule has 0 saturated carbocycles. The molecule has 1 saturated heterocycles. The summed E-state index contributed by atoms with van der Waals surface area (Å²) in [4.78, 5) is 2.31. The standard InChI is InChI=1S/C17H26ClFN2/c1-17(2,3)12-6-8-21(9-7-12)16(11-20)14-5-4-13(18)10-15(14)19/h4-5,10,12,16H,6-9,11,20H2,1-3H3. The van der Waals surface area contributed by atoms with Gasteiger partial charge in [0.05, 0.1) is 0 Å². The normalized spacial score (nSPS) is 19.7. The predicted octanol–water partition coefficient (Wildman–Crippen LogP) is 4.24. The second-order valence-corrected chi connectivity index (χ2v) is 7.53. The van der Waals surface area contributed by atoms with Crippen LogP contribution in [0.2, 0.25) is 5.02 Å². The van der Waals surface area contributed by atoms with Gasteiger partial charge in [-0.1, -0.05) is 38.4 Å². The van der Waals surface area contributed by atoms with Crippen molar-refractivity contribution >= 4 is 11.6 Å². The third-order valence-corrected chi connectivity index (χ3v) is 4.97. The number of hydrogen-bond acceptors (Lipinski definition) is 2. The molecule has 1 fully saturated rings. The molecule has 2 nitrogen and oxygen atoms in total. The van der Waals surface area contributed by atoms with Gasteiger partial charge in [0.25, 0.3) is 0 Å². The number of rotatable bonds is 3. The summed E-state index contributed by atoms with van der Waals surface area (Å²) in [6.07, 6.45) is 2.30. The Balaban J connectivity index is 2.09. The van der Waals surface area contributed by atoms with Crippen LogP contribution in [0.4, 0.5) is 4.39 Å². The Labute approximate surface area is 132 Å². The fourth-order valence-corrected chi connectivity index (χ4v) is 3.48. The molecule has 0 aliphatic carbocycles. The van der Waals surface area contributed by atoms with Crippen LogP contribution in [0.1, 0.15) is 45.2 Å². The van der Waals surface area contributed by atoms with Gasteiger partial charge < -0.3 is 5.73 Å². The molecule has 1 atom stereocenters. The Bertz CT molecular complexity index is 476. The molecule has 1 aliphatic heterocycles. The average molecular weight is 313 g/mol. The summed E-state index contributed by atoms with van der Waals surface area (Å²) in [5, 5.41) is 0.429. The molecule has 0 aromatic heterocycles. The lowest BCUT2D eigenvalue weighted by atomic mass is 9.75. The van der Waals surface area contributed by atoms with Crippen LogP contribution in [0.5, 0.6) is 0 Å². The minimum Gasteiger partial charge on any atom is -0.329 e. The van der Waals surface area contributed by atoms with E-state index in [0.717, 1.165) is 31.8 Å². The first-order valence-electron chi connectivity index (χ1n) is 7.72. The van der Waals surface area contributed by atoms with Crippen LogP contribution in [0.3, 0.4) is 0 Å². The van der Waals surface area contributed by atoms with E-state index < -0.39 is 0 Å². The summed E-state index contributed by atoms with van der Waals surface area (Å²) < 4.78 is 14.1. The first-order valence-corrected chi connectivity index (χ1v) is 8.09. The number of nitrogens with two attached hydrogens (primary N) is 1. The van der Waals surface area contributed by atoms with E-state index in [1.165, 1.54) is 6.07 Å². The molecule has 0 spiro atoms. The van der Waals surface area contributed by atoms with Gasteiger partial charge in [0.1, 0.15) is 5.82 Å². The van der Waals surface area contributed by atoms with E-state index in [2.05, 4.69) is 25.7 Å². The lowest BCUT2D eigenvalue weighted by Crippen LogP contribution is -2.42. The van der Waals surface area contributed by atoms with Crippen LogP contribution < -0.4 is 5.73 Å². The molecule has 118 valence electrons. The number of benzene rings is 1. The Kier molecular flexibility index (Phi) is 5.29. The highest BCUT2D eigenvalue weighted by molar-refractivity contribution is 6.30. The van der Waals surface area contributed by atoms with E-state index in [1.807, 2.05) is 0 Å². The SMILES string of the molecule is CC(C)(C)C1CCN(C(CN)c2ccc(Cl)cc2F)CC1. The van der Waals surface area contributed by atoms with Gasteiger partial charge in [-0.3, -0.25) is 4.90 Å². The van der Waals surface area contributed by atoms with Crippen molar-refractivity contribution in [2.45, 2.75) is 39.7 Å². The molecular formula is C17H26ClFN2. The number of likely N-dealkylation sites (tertiary alicyclic amines) is 1. The van der Waals surface area contributed by atoms with Gasteiger partial charge >= 0.3 is 0 Å². The number of nitrogens with zero attached hydrogens (tertiary/aromatic N) is 1. The maximum Gasteiger partial charge on any atom is 0.129 e. The summed E-state index contributed by atoms with van der Waals surface area (Å²) in [5.74, 6) is 0.470.